The van der Waals surface area contributed by atoms with Crippen LogP contribution in [-0.2, 0) is 6.42 Å². The highest BCUT2D eigenvalue weighted by molar-refractivity contribution is 6.31. The van der Waals surface area contributed by atoms with Gasteiger partial charge in [0.05, 0.1) is 0 Å². The van der Waals surface area contributed by atoms with E-state index in [9.17, 15) is 0 Å². The molecule has 0 fully saturated rings. The summed E-state index contributed by atoms with van der Waals surface area (Å²) < 4.78 is 0. The predicted octanol–water partition coefficient (Wildman–Crippen LogP) is 3.32. The second kappa shape index (κ2) is 4.33. The summed E-state index contributed by atoms with van der Waals surface area (Å²) in [7, 11) is 0. The van der Waals surface area contributed by atoms with Crippen LogP contribution in [0, 0.1) is 6.92 Å². The highest BCUT2D eigenvalue weighted by Crippen LogP contribution is 2.20. The molecule has 0 aliphatic heterocycles. The maximum atomic E-state index is 6.10. The Morgan fingerprint density at radius 2 is 2.07 bits per heavy atom. The SMILES string of the molecule is CCC(C)(N)Cc1ccc(Cl)c(C)c1. The van der Waals surface area contributed by atoms with Crippen molar-refractivity contribution in [1.29, 1.82) is 0 Å². The van der Waals surface area contributed by atoms with Gasteiger partial charge in [0.1, 0.15) is 0 Å². The van der Waals surface area contributed by atoms with Crippen LogP contribution in [0.25, 0.3) is 0 Å². The summed E-state index contributed by atoms with van der Waals surface area (Å²) in [5, 5.41) is 0.823. The summed E-state index contributed by atoms with van der Waals surface area (Å²) >= 11 is 5.95. The van der Waals surface area contributed by atoms with Gasteiger partial charge in [0.25, 0.3) is 0 Å². The van der Waals surface area contributed by atoms with Gasteiger partial charge in [0.2, 0.25) is 0 Å². The summed E-state index contributed by atoms with van der Waals surface area (Å²) in [6.45, 7) is 6.21. The van der Waals surface area contributed by atoms with Gasteiger partial charge in [0.15, 0.2) is 0 Å². The topological polar surface area (TPSA) is 26.0 Å². The fraction of sp³-hybridized carbons (Fsp3) is 0.500. The van der Waals surface area contributed by atoms with E-state index in [1.54, 1.807) is 0 Å². The van der Waals surface area contributed by atoms with Crippen molar-refractivity contribution in [3.63, 3.8) is 0 Å². The number of nitrogens with two attached hydrogens (primary N) is 1. The van der Waals surface area contributed by atoms with E-state index in [0.29, 0.717) is 0 Å². The normalized spacial score (nSPS) is 15.2. The van der Waals surface area contributed by atoms with E-state index < -0.39 is 0 Å². The Morgan fingerprint density at radius 3 is 2.57 bits per heavy atom. The van der Waals surface area contributed by atoms with Crippen molar-refractivity contribution in [1.82, 2.24) is 0 Å². The fourth-order valence-corrected chi connectivity index (χ4v) is 1.53. The van der Waals surface area contributed by atoms with Gasteiger partial charge in [-0.1, -0.05) is 30.7 Å². The molecule has 1 aromatic carbocycles. The summed E-state index contributed by atoms with van der Waals surface area (Å²) in [6, 6.07) is 6.11. The molecule has 2 heteroatoms. The Labute approximate surface area is 91.3 Å². The second-order valence-electron chi connectivity index (χ2n) is 4.27. The van der Waals surface area contributed by atoms with E-state index in [4.69, 9.17) is 17.3 Å². The molecule has 78 valence electrons. The largest absolute Gasteiger partial charge is 0.325 e. The number of benzene rings is 1. The molecule has 0 aliphatic rings. The van der Waals surface area contributed by atoms with Crippen LogP contribution in [0.15, 0.2) is 18.2 Å². The van der Waals surface area contributed by atoms with Crippen molar-refractivity contribution in [2.75, 3.05) is 0 Å². The van der Waals surface area contributed by atoms with E-state index in [2.05, 4.69) is 26.0 Å². The average molecular weight is 212 g/mol. The van der Waals surface area contributed by atoms with Crippen LogP contribution in [-0.4, -0.2) is 5.54 Å². The van der Waals surface area contributed by atoms with E-state index in [1.807, 2.05) is 13.0 Å². The van der Waals surface area contributed by atoms with Crippen LogP contribution >= 0.6 is 11.6 Å². The maximum Gasteiger partial charge on any atom is 0.0435 e. The smallest absolute Gasteiger partial charge is 0.0435 e. The molecule has 0 heterocycles. The van der Waals surface area contributed by atoms with Gasteiger partial charge < -0.3 is 5.73 Å². The summed E-state index contributed by atoms with van der Waals surface area (Å²) in [6.07, 6.45) is 1.89. The fourth-order valence-electron chi connectivity index (χ4n) is 1.41. The Morgan fingerprint density at radius 1 is 1.43 bits per heavy atom. The van der Waals surface area contributed by atoms with Crippen molar-refractivity contribution < 1.29 is 0 Å². The first-order valence-corrected chi connectivity index (χ1v) is 5.36. The molecule has 0 saturated heterocycles. The third-order valence-electron chi connectivity index (χ3n) is 2.64. The van der Waals surface area contributed by atoms with Crippen molar-refractivity contribution in [2.24, 2.45) is 5.73 Å². The van der Waals surface area contributed by atoms with Crippen LogP contribution in [0.4, 0.5) is 0 Å². The standard InChI is InChI=1S/C12H18ClN/c1-4-12(3,14)8-10-5-6-11(13)9(2)7-10/h5-7H,4,8,14H2,1-3H3. The molecule has 2 N–H and O–H groups in total. The molecule has 14 heavy (non-hydrogen) atoms. The molecule has 0 spiro atoms. The maximum absolute atomic E-state index is 6.10. The van der Waals surface area contributed by atoms with E-state index in [-0.39, 0.29) is 5.54 Å². The Bertz CT molecular complexity index is 318. The van der Waals surface area contributed by atoms with Gasteiger partial charge >= 0.3 is 0 Å². The van der Waals surface area contributed by atoms with Gasteiger partial charge in [-0.2, -0.15) is 0 Å². The zero-order valence-electron chi connectivity index (χ0n) is 9.10. The third kappa shape index (κ3) is 3.00. The molecule has 1 aromatic rings. The van der Waals surface area contributed by atoms with Gasteiger partial charge in [-0.3, -0.25) is 0 Å². The molecular weight excluding hydrogens is 194 g/mol. The highest BCUT2D eigenvalue weighted by Gasteiger charge is 2.16. The van der Waals surface area contributed by atoms with Crippen LogP contribution in [0.2, 0.25) is 5.02 Å². The first-order valence-electron chi connectivity index (χ1n) is 4.98. The second-order valence-corrected chi connectivity index (χ2v) is 4.68. The van der Waals surface area contributed by atoms with Gasteiger partial charge in [-0.05, 0) is 43.9 Å². The van der Waals surface area contributed by atoms with Gasteiger partial charge in [-0.15, -0.1) is 0 Å². The minimum atomic E-state index is -0.111. The molecule has 0 saturated carbocycles. The zero-order valence-corrected chi connectivity index (χ0v) is 9.86. The lowest BCUT2D eigenvalue weighted by Gasteiger charge is -2.22. The lowest BCUT2D eigenvalue weighted by Crippen LogP contribution is -2.37. The molecule has 0 aliphatic carbocycles. The summed E-state index contributed by atoms with van der Waals surface area (Å²) in [5.74, 6) is 0. The predicted molar refractivity (Wildman–Crippen MR) is 62.8 cm³/mol. The molecule has 1 rings (SSSR count). The summed E-state index contributed by atoms with van der Waals surface area (Å²) in [4.78, 5) is 0. The van der Waals surface area contributed by atoms with Crippen LogP contribution in [0.3, 0.4) is 0 Å². The Balaban J connectivity index is 2.83. The first-order chi connectivity index (χ1) is 6.44. The molecule has 0 aromatic heterocycles. The van der Waals surface area contributed by atoms with Crippen molar-refractivity contribution in [2.45, 2.75) is 39.2 Å². The van der Waals surface area contributed by atoms with E-state index >= 15 is 0 Å². The number of aryl methyl sites for hydroxylation is 1. The molecule has 1 nitrogen and oxygen atoms in total. The summed E-state index contributed by atoms with van der Waals surface area (Å²) in [5.41, 5.74) is 8.38. The van der Waals surface area contributed by atoms with Crippen LogP contribution in [0.1, 0.15) is 31.4 Å². The molecule has 0 bridgehead atoms. The lowest BCUT2D eigenvalue weighted by atomic mass is 9.91. The molecule has 0 amide bonds. The zero-order chi connectivity index (χ0) is 10.8. The quantitative estimate of drug-likeness (QED) is 0.816. The third-order valence-corrected chi connectivity index (χ3v) is 3.06. The number of halogens is 1. The van der Waals surface area contributed by atoms with Gasteiger partial charge in [0, 0.05) is 10.6 Å². The number of hydrogen-bond acceptors (Lipinski definition) is 1. The van der Waals surface area contributed by atoms with Crippen molar-refractivity contribution in [3.8, 4) is 0 Å². The molecule has 0 radical (unpaired) electrons. The monoisotopic (exact) mass is 211 g/mol. The minimum Gasteiger partial charge on any atom is -0.325 e. The Kier molecular flexibility index (Phi) is 3.57. The molecule has 1 atom stereocenters. The Hall–Kier alpha value is -0.530. The minimum absolute atomic E-state index is 0.111. The molecular formula is C12H18ClN. The van der Waals surface area contributed by atoms with Gasteiger partial charge in [-0.25, -0.2) is 0 Å². The van der Waals surface area contributed by atoms with Crippen LogP contribution in [0.5, 0.6) is 0 Å². The first kappa shape index (κ1) is 11.5. The van der Waals surface area contributed by atoms with E-state index in [1.165, 1.54) is 5.56 Å². The highest BCUT2D eigenvalue weighted by atomic mass is 35.5. The lowest BCUT2D eigenvalue weighted by molar-refractivity contribution is 0.450. The number of rotatable bonds is 3. The molecule has 1 unspecified atom stereocenters. The van der Waals surface area contributed by atoms with Crippen molar-refractivity contribution >= 4 is 11.6 Å². The van der Waals surface area contributed by atoms with Crippen LogP contribution < -0.4 is 5.73 Å². The van der Waals surface area contributed by atoms with E-state index in [0.717, 1.165) is 23.4 Å². The van der Waals surface area contributed by atoms with Crippen molar-refractivity contribution in [3.05, 3.63) is 34.3 Å². The number of hydrogen-bond donors (Lipinski definition) is 1. The average Bonchev–Trinajstić information content (AvgIpc) is 2.11.